The maximum absolute atomic E-state index is 12.7. The number of nitrogens with one attached hydrogen (secondary N) is 1. The number of nitrogens with zero attached hydrogens (tertiary/aromatic N) is 1. The Hall–Kier alpha value is -3.45. The average molecular weight is 366 g/mol. The van der Waals surface area contributed by atoms with Crippen LogP contribution in [0.5, 0.6) is 0 Å². The molecule has 7 nitrogen and oxygen atoms in total. The Morgan fingerprint density at radius 2 is 1.96 bits per heavy atom. The lowest BCUT2D eigenvalue weighted by atomic mass is 10.0. The van der Waals surface area contributed by atoms with E-state index in [1.54, 1.807) is 31.2 Å². The Labute approximate surface area is 155 Å². The molecule has 1 heterocycles. The standard InChI is InChI=1S/C20H18N2O5/c1-12-6-7-14(19-9-8-15(11-23)27-19)10-17(12)21-20(24)16-4-3-5-18(13(16)2)22(25)26/h3-10,23H,11H2,1-2H3,(H,21,24). The van der Waals surface area contributed by atoms with E-state index in [-0.39, 0.29) is 17.9 Å². The highest BCUT2D eigenvalue weighted by Gasteiger charge is 2.18. The first kappa shape index (κ1) is 18.3. The number of amides is 1. The number of benzene rings is 2. The summed E-state index contributed by atoms with van der Waals surface area (Å²) in [6.45, 7) is 3.21. The number of rotatable bonds is 5. The van der Waals surface area contributed by atoms with Crippen LogP contribution in [0, 0.1) is 24.0 Å². The molecule has 1 amide bonds. The average Bonchev–Trinajstić information content (AvgIpc) is 3.12. The van der Waals surface area contributed by atoms with Crippen molar-refractivity contribution >= 4 is 17.3 Å². The number of aliphatic hydroxyl groups excluding tert-OH is 1. The van der Waals surface area contributed by atoms with Gasteiger partial charge in [0.15, 0.2) is 0 Å². The maximum Gasteiger partial charge on any atom is 0.273 e. The number of carbonyl (C=O) groups excluding carboxylic acids is 1. The van der Waals surface area contributed by atoms with Gasteiger partial charge in [-0.1, -0.05) is 18.2 Å². The summed E-state index contributed by atoms with van der Waals surface area (Å²) in [4.78, 5) is 23.2. The molecule has 0 spiro atoms. The minimum Gasteiger partial charge on any atom is -0.459 e. The Morgan fingerprint density at radius 1 is 1.19 bits per heavy atom. The molecule has 0 aliphatic heterocycles. The molecule has 27 heavy (non-hydrogen) atoms. The van der Waals surface area contributed by atoms with Crippen LogP contribution in [0.2, 0.25) is 0 Å². The largest absolute Gasteiger partial charge is 0.459 e. The molecule has 0 atom stereocenters. The predicted molar refractivity (Wildman–Crippen MR) is 101 cm³/mol. The van der Waals surface area contributed by atoms with Gasteiger partial charge >= 0.3 is 0 Å². The van der Waals surface area contributed by atoms with Crippen LogP contribution < -0.4 is 5.32 Å². The molecule has 1 aromatic heterocycles. The molecule has 0 saturated carbocycles. The number of furan rings is 1. The summed E-state index contributed by atoms with van der Waals surface area (Å²) in [6, 6.07) is 13.3. The number of aryl methyl sites for hydroxylation is 1. The quantitative estimate of drug-likeness (QED) is 0.519. The number of anilines is 1. The summed E-state index contributed by atoms with van der Waals surface area (Å²) < 4.78 is 5.53. The summed E-state index contributed by atoms with van der Waals surface area (Å²) in [5, 5.41) is 23.0. The molecule has 7 heteroatoms. The van der Waals surface area contributed by atoms with Crippen LogP contribution in [-0.2, 0) is 6.61 Å². The molecule has 3 rings (SSSR count). The minimum absolute atomic E-state index is 0.0970. The molecule has 0 fully saturated rings. The summed E-state index contributed by atoms with van der Waals surface area (Å²) >= 11 is 0. The second kappa shape index (κ2) is 7.43. The first-order valence-electron chi connectivity index (χ1n) is 8.26. The molecule has 0 aliphatic carbocycles. The third-order valence-corrected chi connectivity index (χ3v) is 4.33. The van der Waals surface area contributed by atoms with E-state index in [0.29, 0.717) is 22.8 Å². The molecule has 2 N–H and O–H groups in total. The first-order chi connectivity index (χ1) is 12.9. The lowest BCUT2D eigenvalue weighted by Gasteiger charge is -2.11. The van der Waals surface area contributed by atoms with Gasteiger partial charge in [0.05, 0.1) is 4.92 Å². The van der Waals surface area contributed by atoms with Crippen LogP contribution in [0.3, 0.4) is 0 Å². The van der Waals surface area contributed by atoms with Gasteiger partial charge in [-0.15, -0.1) is 0 Å². The van der Waals surface area contributed by atoms with Crippen LogP contribution in [0.15, 0.2) is 52.9 Å². The molecule has 0 unspecified atom stereocenters. The van der Waals surface area contributed by atoms with E-state index >= 15 is 0 Å². The Kier molecular flexibility index (Phi) is 5.05. The van der Waals surface area contributed by atoms with Crippen molar-refractivity contribution < 1.29 is 19.2 Å². The Morgan fingerprint density at radius 3 is 2.63 bits per heavy atom. The smallest absolute Gasteiger partial charge is 0.273 e. The van der Waals surface area contributed by atoms with E-state index in [4.69, 9.17) is 9.52 Å². The van der Waals surface area contributed by atoms with Gasteiger partial charge in [0.25, 0.3) is 11.6 Å². The van der Waals surface area contributed by atoms with Crippen molar-refractivity contribution in [2.24, 2.45) is 0 Å². The molecule has 0 radical (unpaired) electrons. The van der Waals surface area contributed by atoms with Crippen LogP contribution >= 0.6 is 0 Å². The molecular formula is C20H18N2O5. The van der Waals surface area contributed by atoms with Gasteiger partial charge in [-0.3, -0.25) is 14.9 Å². The van der Waals surface area contributed by atoms with Crippen molar-refractivity contribution in [2.45, 2.75) is 20.5 Å². The van der Waals surface area contributed by atoms with Crippen molar-refractivity contribution in [3.63, 3.8) is 0 Å². The summed E-state index contributed by atoms with van der Waals surface area (Å²) in [5.41, 5.74) is 2.61. The van der Waals surface area contributed by atoms with E-state index < -0.39 is 10.8 Å². The molecule has 0 aliphatic rings. The third-order valence-electron chi connectivity index (χ3n) is 4.33. The molecule has 0 bridgehead atoms. The second-order valence-corrected chi connectivity index (χ2v) is 6.11. The van der Waals surface area contributed by atoms with E-state index in [1.807, 2.05) is 19.1 Å². The molecular weight excluding hydrogens is 348 g/mol. The van der Waals surface area contributed by atoms with Crippen LogP contribution in [-0.4, -0.2) is 15.9 Å². The van der Waals surface area contributed by atoms with Crippen molar-refractivity contribution in [3.8, 4) is 11.3 Å². The van der Waals surface area contributed by atoms with Gasteiger partial charge in [-0.25, -0.2) is 0 Å². The normalized spacial score (nSPS) is 10.6. The zero-order valence-corrected chi connectivity index (χ0v) is 14.9. The fourth-order valence-electron chi connectivity index (χ4n) is 2.78. The Bertz CT molecular complexity index is 1020. The summed E-state index contributed by atoms with van der Waals surface area (Å²) in [5.74, 6) is 0.594. The van der Waals surface area contributed by atoms with Crippen molar-refractivity contribution in [3.05, 3.63) is 81.1 Å². The van der Waals surface area contributed by atoms with E-state index in [9.17, 15) is 14.9 Å². The van der Waals surface area contributed by atoms with Gasteiger partial charge in [0, 0.05) is 28.4 Å². The monoisotopic (exact) mass is 366 g/mol. The lowest BCUT2D eigenvalue weighted by molar-refractivity contribution is -0.385. The Balaban J connectivity index is 1.91. The number of nitro benzene ring substituents is 1. The van der Waals surface area contributed by atoms with E-state index in [1.165, 1.54) is 12.1 Å². The SMILES string of the molecule is Cc1ccc(-c2ccc(CO)o2)cc1NC(=O)c1cccc([N+](=O)[O-])c1C. The van der Waals surface area contributed by atoms with Gasteiger partial charge in [-0.2, -0.15) is 0 Å². The fourth-order valence-corrected chi connectivity index (χ4v) is 2.78. The number of nitro groups is 1. The van der Waals surface area contributed by atoms with Crippen molar-refractivity contribution in [2.75, 3.05) is 5.32 Å². The predicted octanol–water partition coefficient (Wildman–Crippen LogP) is 4.22. The second-order valence-electron chi connectivity index (χ2n) is 6.11. The highest BCUT2D eigenvalue weighted by molar-refractivity contribution is 6.06. The van der Waals surface area contributed by atoms with Gasteiger partial charge < -0.3 is 14.8 Å². The highest BCUT2D eigenvalue weighted by Crippen LogP contribution is 2.28. The first-order valence-corrected chi connectivity index (χ1v) is 8.26. The number of carbonyl (C=O) groups is 1. The third kappa shape index (κ3) is 3.73. The summed E-state index contributed by atoms with van der Waals surface area (Å²) in [6.07, 6.45) is 0. The van der Waals surface area contributed by atoms with Gasteiger partial charge in [-0.05, 0) is 43.7 Å². The van der Waals surface area contributed by atoms with Crippen LogP contribution in [0.4, 0.5) is 11.4 Å². The highest BCUT2D eigenvalue weighted by atomic mass is 16.6. The van der Waals surface area contributed by atoms with Crippen LogP contribution in [0.1, 0.15) is 27.2 Å². The van der Waals surface area contributed by atoms with Crippen molar-refractivity contribution in [1.82, 2.24) is 0 Å². The molecule has 0 saturated heterocycles. The van der Waals surface area contributed by atoms with Gasteiger partial charge in [0.2, 0.25) is 0 Å². The maximum atomic E-state index is 12.7. The lowest BCUT2D eigenvalue weighted by Crippen LogP contribution is -2.15. The number of hydrogen-bond acceptors (Lipinski definition) is 5. The zero-order chi connectivity index (χ0) is 19.6. The van der Waals surface area contributed by atoms with Crippen LogP contribution in [0.25, 0.3) is 11.3 Å². The van der Waals surface area contributed by atoms with E-state index in [2.05, 4.69) is 5.32 Å². The molecule has 2 aromatic carbocycles. The van der Waals surface area contributed by atoms with Gasteiger partial charge in [0.1, 0.15) is 18.1 Å². The minimum atomic E-state index is -0.506. The topological polar surface area (TPSA) is 106 Å². The van der Waals surface area contributed by atoms with Crippen molar-refractivity contribution in [1.29, 1.82) is 0 Å². The molecule has 138 valence electrons. The fraction of sp³-hybridized carbons (Fsp3) is 0.150. The number of aliphatic hydroxyl groups is 1. The summed E-state index contributed by atoms with van der Waals surface area (Å²) in [7, 11) is 0. The number of hydrogen-bond donors (Lipinski definition) is 2. The zero-order valence-electron chi connectivity index (χ0n) is 14.9. The van der Waals surface area contributed by atoms with E-state index in [0.717, 1.165) is 11.1 Å². The molecule has 3 aromatic rings.